The van der Waals surface area contributed by atoms with E-state index in [9.17, 15) is 5.11 Å². The molecule has 4 aromatic carbocycles. The molecule has 0 saturated heterocycles. The molecule has 3 heteroatoms. The number of hydrogen-bond donors (Lipinski definition) is 1. The monoisotopic (exact) mass is 463 g/mol. The molecule has 2 nitrogen and oxygen atoms in total. The van der Waals surface area contributed by atoms with Crippen molar-refractivity contribution in [1.29, 1.82) is 0 Å². The van der Waals surface area contributed by atoms with Crippen LogP contribution in [0, 0.1) is 3.57 Å². The second kappa shape index (κ2) is 7.84. The van der Waals surface area contributed by atoms with E-state index in [1.807, 2.05) is 18.2 Å². The van der Waals surface area contributed by atoms with Gasteiger partial charge in [-0.2, -0.15) is 0 Å². The number of nitrogens with zero attached hydrogens (tertiary/aromatic N) is 1. The van der Waals surface area contributed by atoms with Gasteiger partial charge in [0.2, 0.25) is 0 Å². The first-order chi connectivity index (χ1) is 13.2. The van der Waals surface area contributed by atoms with E-state index in [2.05, 4.69) is 100 Å². The van der Waals surface area contributed by atoms with Gasteiger partial charge < -0.3 is 10.0 Å². The molecule has 0 atom stereocenters. The maximum atomic E-state index is 9.67. The fourth-order valence-corrected chi connectivity index (χ4v) is 3.62. The van der Waals surface area contributed by atoms with Crippen LogP contribution in [-0.2, 0) is 0 Å². The molecular weight excluding hydrogens is 445 g/mol. The summed E-state index contributed by atoms with van der Waals surface area (Å²) in [7, 11) is 0. The average molecular weight is 463 g/mol. The van der Waals surface area contributed by atoms with Gasteiger partial charge in [-0.3, -0.25) is 0 Å². The van der Waals surface area contributed by atoms with Crippen molar-refractivity contribution in [2.24, 2.45) is 0 Å². The Balaban J connectivity index is 1.77. The number of halogens is 1. The molecule has 0 aliphatic heterocycles. The predicted molar refractivity (Wildman–Crippen MR) is 121 cm³/mol. The summed E-state index contributed by atoms with van der Waals surface area (Å²) in [6, 6.07) is 34.6. The van der Waals surface area contributed by atoms with E-state index >= 15 is 0 Å². The van der Waals surface area contributed by atoms with Crippen LogP contribution in [0.15, 0.2) is 103 Å². The van der Waals surface area contributed by atoms with Gasteiger partial charge in [-0.15, -0.1) is 0 Å². The standard InChI is InChI=1S/C24H18INO/c25-20-7-4-8-23(17-20)26(22-13-15-24(27)16-14-22)21-11-9-19(10-12-21)18-5-2-1-3-6-18/h1-17,27H. The molecule has 0 unspecified atom stereocenters. The Labute approximate surface area is 172 Å². The number of phenols is 1. The molecule has 4 rings (SSSR count). The van der Waals surface area contributed by atoms with Crippen molar-refractivity contribution in [3.63, 3.8) is 0 Å². The number of rotatable bonds is 4. The zero-order valence-corrected chi connectivity index (χ0v) is 16.7. The first-order valence-corrected chi connectivity index (χ1v) is 9.79. The minimum atomic E-state index is 0.265. The van der Waals surface area contributed by atoms with Crippen molar-refractivity contribution >= 4 is 39.7 Å². The van der Waals surface area contributed by atoms with Crippen LogP contribution >= 0.6 is 22.6 Å². The number of hydrogen-bond acceptors (Lipinski definition) is 2. The van der Waals surface area contributed by atoms with E-state index in [1.165, 1.54) is 14.7 Å². The highest BCUT2D eigenvalue weighted by Gasteiger charge is 2.13. The van der Waals surface area contributed by atoms with Crippen molar-refractivity contribution in [3.8, 4) is 16.9 Å². The van der Waals surface area contributed by atoms with E-state index in [-0.39, 0.29) is 5.75 Å². The minimum absolute atomic E-state index is 0.265. The Hall–Kier alpha value is -2.79. The van der Waals surface area contributed by atoms with E-state index in [1.54, 1.807) is 12.1 Å². The van der Waals surface area contributed by atoms with E-state index < -0.39 is 0 Å². The predicted octanol–water partition coefficient (Wildman–Crippen LogP) is 7.13. The van der Waals surface area contributed by atoms with Crippen molar-refractivity contribution in [2.45, 2.75) is 0 Å². The fourth-order valence-electron chi connectivity index (χ4n) is 3.10. The Bertz CT molecular complexity index is 1030. The second-order valence-electron chi connectivity index (χ2n) is 6.24. The lowest BCUT2D eigenvalue weighted by molar-refractivity contribution is 0.475. The highest BCUT2D eigenvalue weighted by molar-refractivity contribution is 14.1. The summed E-state index contributed by atoms with van der Waals surface area (Å²) < 4.78 is 1.18. The van der Waals surface area contributed by atoms with Crippen molar-refractivity contribution in [2.75, 3.05) is 4.90 Å². The molecular formula is C24H18INO. The van der Waals surface area contributed by atoms with Gasteiger partial charge in [0.15, 0.2) is 0 Å². The quantitative estimate of drug-likeness (QED) is 0.326. The summed E-state index contributed by atoms with van der Waals surface area (Å²) in [6.45, 7) is 0. The molecule has 0 aromatic heterocycles. The third-order valence-corrected chi connectivity index (χ3v) is 5.08. The van der Waals surface area contributed by atoms with Crippen molar-refractivity contribution in [3.05, 3.63) is 107 Å². The second-order valence-corrected chi connectivity index (χ2v) is 7.49. The maximum absolute atomic E-state index is 9.67. The molecule has 27 heavy (non-hydrogen) atoms. The third kappa shape index (κ3) is 3.98. The van der Waals surface area contributed by atoms with Crippen LogP contribution in [-0.4, -0.2) is 5.11 Å². The molecule has 0 heterocycles. The molecule has 0 radical (unpaired) electrons. The minimum Gasteiger partial charge on any atom is -0.508 e. The van der Waals surface area contributed by atoms with Gasteiger partial charge >= 0.3 is 0 Å². The summed E-state index contributed by atoms with van der Waals surface area (Å²) in [6.07, 6.45) is 0. The molecule has 132 valence electrons. The SMILES string of the molecule is Oc1ccc(N(c2ccc(-c3ccccc3)cc2)c2cccc(I)c2)cc1. The van der Waals surface area contributed by atoms with Gasteiger partial charge in [-0.25, -0.2) is 0 Å². The molecule has 0 aliphatic rings. The first kappa shape index (κ1) is 17.6. The van der Waals surface area contributed by atoms with Crippen molar-refractivity contribution in [1.82, 2.24) is 0 Å². The Morgan fingerprint density at radius 3 is 1.78 bits per heavy atom. The molecule has 0 saturated carbocycles. The van der Waals surface area contributed by atoms with Crippen LogP contribution in [0.25, 0.3) is 11.1 Å². The number of phenolic OH excluding ortho intramolecular Hbond substituents is 1. The maximum Gasteiger partial charge on any atom is 0.115 e. The average Bonchev–Trinajstić information content (AvgIpc) is 2.71. The van der Waals surface area contributed by atoms with Crippen LogP contribution < -0.4 is 4.90 Å². The topological polar surface area (TPSA) is 23.5 Å². The summed E-state index contributed by atoms with van der Waals surface area (Å²) in [5, 5.41) is 9.67. The van der Waals surface area contributed by atoms with Gasteiger partial charge in [0.1, 0.15) is 5.75 Å². The lowest BCUT2D eigenvalue weighted by atomic mass is 10.0. The first-order valence-electron chi connectivity index (χ1n) is 8.71. The van der Waals surface area contributed by atoms with Crippen LogP contribution in [0.1, 0.15) is 0 Å². The number of anilines is 3. The molecule has 1 N–H and O–H groups in total. The summed E-state index contributed by atoms with van der Waals surface area (Å²) in [5.74, 6) is 0.265. The van der Waals surface area contributed by atoms with Crippen LogP contribution in [0.2, 0.25) is 0 Å². The van der Waals surface area contributed by atoms with Gasteiger partial charge in [-0.1, -0.05) is 48.5 Å². The van der Waals surface area contributed by atoms with E-state index in [0.29, 0.717) is 0 Å². The third-order valence-electron chi connectivity index (χ3n) is 4.41. The van der Waals surface area contributed by atoms with Crippen LogP contribution in [0.4, 0.5) is 17.1 Å². The molecule has 0 aliphatic carbocycles. The molecule has 0 spiro atoms. The molecule has 0 fully saturated rings. The van der Waals surface area contributed by atoms with Crippen molar-refractivity contribution < 1.29 is 5.11 Å². The van der Waals surface area contributed by atoms with Gasteiger partial charge in [0.05, 0.1) is 0 Å². The summed E-state index contributed by atoms with van der Waals surface area (Å²) in [4.78, 5) is 2.19. The smallest absolute Gasteiger partial charge is 0.115 e. The normalized spacial score (nSPS) is 10.6. The lowest BCUT2D eigenvalue weighted by Gasteiger charge is -2.26. The fraction of sp³-hybridized carbons (Fsp3) is 0. The lowest BCUT2D eigenvalue weighted by Crippen LogP contribution is -2.09. The molecule has 0 amide bonds. The van der Waals surface area contributed by atoms with Crippen LogP contribution in [0.3, 0.4) is 0 Å². The zero-order valence-electron chi connectivity index (χ0n) is 14.6. The van der Waals surface area contributed by atoms with Gasteiger partial charge in [0.25, 0.3) is 0 Å². The number of benzene rings is 4. The Morgan fingerprint density at radius 1 is 0.556 bits per heavy atom. The highest BCUT2D eigenvalue weighted by atomic mass is 127. The van der Waals surface area contributed by atoms with Crippen LogP contribution in [0.5, 0.6) is 5.75 Å². The highest BCUT2D eigenvalue weighted by Crippen LogP contribution is 2.36. The van der Waals surface area contributed by atoms with E-state index in [0.717, 1.165) is 17.1 Å². The molecule has 4 aromatic rings. The van der Waals surface area contributed by atoms with Gasteiger partial charge in [-0.05, 0) is 88.3 Å². The largest absolute Gasteiger partial charge is 0.508 e. The Morgan fingerprint density at radius 2 is 1.15 bits per heavy atom. The zero-order chi connectivity index (χ0) is 18.6. The Kier molecular flexibility index (Phi) is 5.12. The number of aromatic hydroxyl groups is 1. The van der Waals surface area contributed by atoms with Gasteiger partial charge in [0, 0.05) is 20.6 Å². The summed E-state index contributed by atoms with van der Waals surface area (Å²) >= 11 is 2.33. The summed E-state index contributed by atoms with van der Waals surface area (Å²) in [5.41, 5.74) is 5.55. The van der Waals surface area contributed by atoms with E-state index in [4.69, 9.17) is 0 Å². The molecule has 0 bridgehead atoms.